The van der Waals surface area contributed by atoms with Gasteiger partial charge >= 0.3 is 12.0 Å². The second-order valence-electron chi connectivity index (χ2n) is 7.82. The summed E-state index contributed by atoms with van der Waals surface area (Å²) in [4.78, 5) is 49.5. The molecule has 10 nitrogen and oxygen atoms in total. The van der Waals surface area contributed by atoms with Gasteiger partial charge in [-0.05, 0) is 54.8 Å². The predicted octanol–water partition coefficient (Wildman–Crippen LogP) is 4.17. The van der Waals surface area contributed by atoms with Gasteiger partial charge in [0.25, 0.3) is 5.69 Å². The Kier molecular flexibility index (Phi) is 7.98. The molecule has 0 saturated carbocycles. The van der Waals surface area contributed by atoms with Gasteiger partial charge in [-0.3, -0.25) is 19.8 Å². The quantitative estimate of drug-likeness (QED) is 0.253. The Balaban J connectivity index is 1.80. The molecule has 0 radical (unpaired) electrons. The van der Waals surface area contributed by atoms with Crippen LogP contribution in [0.3, 0.4) is 0 Å². The molecule has 10 heteroatoms. The smallest absolute Gasteiger partial charge is 0.337 e. The molecule has 1 unspecified atom stereocenters. The lowest BCUT2D eigenvalue weighted by molar-refractivity contribution is -0.384. The molecule has 0 fully saturated rings. The van der Waals surface area contributed by atoms with E-state index in [0.29, 0.717) is 34.6 Å². The Morgan fingerprint density at radius 1 is 1.23 bits per heavy atom. The Bertz CT molecular complexity index is 1200. The van der Waals surface area contributed by atoms with Gasteiger partial charge in [0, 0.05) is 36.1 Å². The molecule has 0 bridgehead atoms. The minimum absolute atomic E-state index is 0.0355. The third-order valence-electron chi connectivity index (χ3n) is 5.47. The Labute approximate surface area is 202 Å². The highest BCUT2D eigenvalue weighted by Gasteiger charge is 2.35. The lowest BCUT2D eigenvalue weighted by Crippen LogP contribution is -2.48. The molecule has 182 valence electrons. The first-order chi connectivity index (χ1) is 16.7. The van der Waals surface area contributed by atoms with E-state index in [4.69, 9.17) is 4.74 Å². The van der Waals surface area contributed by atoms with Crippen molar-refractivity contribution in [1.29, 1.82) is 0 Å². The lowest BCUT2D eigenvalue weighted by atomic mass is 9.94. The van der Waals surface area contributed by atoms with Crippen LogP contribution in [0.2, 0.25) is 0 Å². The van der Waals surface area contributed by atoms with Gasteiger partial charge in [0.2, 0.25) is 5.91 Å². The molecule has 0 saturated heterocycles. The summed E-state index contributed by atoms with van der Waals surface area (Å²) in [7, 11) is 1.29. The van der Waals surface area contributed by atoms with Crippen LogP contribution < -0.4 is 10.6 Å². The summed E-state index contributed by atoms with van der Waals surface area (Å²) in [6.07, 6.45) is 3.57. The maximum absolute atomic E-state index is 12.7. The monoisotopic (exact) mass is 478 g/mol. The molecule has 1 atom stereocenters. The van der Waals surface area contributed by atoms with Gasteiger partial charge in [0.1, 0.15) is 0 Å². The third kappa shape index (κ3) is 5.91. The Hall–Kier alpha value is -4.47. The van der Waals surface area contributed by atoms with Gasteiger partial charge in [-0.1, -0.05) is 19.1 Å². The molecule has 0 aliphatic carbocycles. The molecular formula is C25H26N4O6. The molecule has 3 amide bonds. The zero-order valence-electron chi connectivity index (χ0n) is 19.6. The Morgan fingerprint density at radius 2 is 1.94 bits per heavy atom. The minimum atomic E-state index is -0.740. The number of anilines is 1. The maximum atomic E-state index is 12.7. The van der Waals surface area contributed by atoms with E-state index in [0.717, 1.165) is 6.42 Å². The summed E-state index contributed by atoms with van der Waals surface area (Å²) >= 11 is 0. The van der Waals surface area contributed by atoms with E-state index < -0.39 is 22.8 Å². The maximum Gasteiger partial charge on any atom is 0.337 e. The summed E-state index contributed by atoms with van der Waals surface area (Å²) in [5.41, 5.74) is 2.50. The summed E-state index contributed by atoms with van der Waals surface area (Å²) in [6, 6.07) is 11.6. The first-order valence-electron chi connectivity index (χ1n) is 11.0. The van der Waals surface area contributed by atoms with Crippen molar-refractivity contribution in [2.45, 2.75) is 26.3 Å². The molecule has 1 aliphatic heterocycles. The first kappa shape index (κ1) is 25.2. The average Bonchev–Trinajstić information content (AvgIpc) is 2.85. The number of allylic oxidation sites excluding steroid dienone is 1. The number of esters is 1. The number of amides is 3. The number of nitro benzene ring substituents is 1. The highest BCUT2D eigenvalue weighted by Crippen LogP contribution is 2.32. The summed E-state index contributed by atoms with van der Waals surface area (Å²) < 4.78 is 4.97. The molecule has 0 aromatic heterocycles. The highest BCUT2D eigenvalue weighted by molar-refractivity contribution is 6.02. The number of rotatable bonds is 8. The molecule has 2 aromatic rings. The van der Waals surface area contributed by atoms with Crippen molar-refractivity contribution in [2.24, 2.45) is 0 Å². The number of nitrogens with one attached hydrogen (secondary N) is 2. The zero-order valence-corrected chi connectivity index (χ0v) is 19.6. The van der Waals surface area contributed by atoms with Crippen LogP contribution in [0.15, 0.2) is 65.9 Å². The van der Waals surface area contributed by atoms with Gasteiger partial charge in [0.05, 0.1) is 23.6 Å². The van der Waals surface area contributed by atoms with E-state index in [1.807, 2.05) is 6.92 Å². The average molecular weight is 479 g/mol. The van der Waals surface area contributed by atoms with E-state index >= 15 is 0 Å². The number of nitrogens with zero attached hydrogens (tertiary/aromatic N) is 2. The van der Waals surface area contributed by atoms with Crippen LogP contribution in [0.4, 0.5) is 16.2 Å². The van der Waals surface area contributed by atoms with E-state index in [1.165, 1.54) is 36.3 Å². The number of benzene rings is 2. The first-order valence-corrected chi connectivity index (χ1v) is 11.0. The van der Waals surface area contributed by atoms with Crippen LogP contribution in [0.25, 0.3) is 6.08 Å². The number of urea groups is 1. The van der Waals surface area contributed by atoms with Crippen LogP contribution in [0, 0.1) is 10.1 Å². The fourth-order valence-electron chi connectivity index (χ4n) is 3.76. The molecule has 3 rings (SSSR count). The van der Waals surface area contributed by atoms with Crippen LogP contribution in [-0.2, 0) is 14.3 Å². The molecule has 35 heavy (non-hydrogen) atoms. The van der Waals surface area contributed by atoms with Crippen molar-refractivity contribution < 1.29 is 24.0 Å². The molecular weight excluding hydrogens is 452 g/mol. The van der Waals surface area contributed by atoms with Crippen molar-refractivity contribution in [1.82, 2.24) is 10.2 Å². The highest BCUT2D eigenvalue weighted by atomic mass is 16.6. The van der Waals surface area contributed by atoms with Gasteiger partial charge in [0.15, 0.2) is 0 Å². The van der Waals surface area contributed by atoms with Gasteiger partial charge in [-0.15, -0.1) is 0 Å². The molecule has 2 aromatic carbocycles. The minimum Gasteiger partial charge on any atom is -0.466 e. The standard InChI is InChI=1S/C25H26N4O6/c1-4-14-28-16(2)22(24(31)35-3)23(27-25(28)32)18-6-5-7-19(15-18)26-21(30)13-10-17-8-11-20(12-9-17)29(33)34/h5-13,15,23H,4,14H2,1-3H3,(H,26,30)(H,27,32)/b13-10+. The van der Waals surface area contributed by atoms with Gasteiger partial charge in [-0.25, -0.2) is 9.59 Å². The fourth-order valence-corrected chi connectivity index (χ4v) is 3.76. The number of hydrogen-bond acceptors (Lipinski definition) is 6. The van der Waals surface area contributed by atoms with E-state index in [2.05, 4.69) is 10.6 Å². The topological polar surface area (TPSA) is 131 Å². The fraction of sp³-hybridized carbons (Fsp3) is 0.240. The van der Waals surface area contributed by atoms with E-state index in [-0.39, 0.29) is 11.7 Å². The second-order valence-corrected chi connectivity index (χ2v) is 7.82. The van der Waals surface area contributed by atoms with Gasteiger partial charge in [-0.2, -0.15) is 0 Å². The van der Waals surface area contributed by atoms with Gasteiger partial charge < -0.3 is 15.4 Å². The summed E-state index contributed by atoms with van der Waals surface area (Å²) in [5, 5.41) is 16.3. The number of carbonyl (C=O) groups excluding carboxylic acids is 3. The van der Waals surface area contributed by atoms with Crippen LogP contribution in [0.5, 0.6) is 0 Å². The number of methoxy groups -OCH3 is 1. The summed E-state index contributed by atoms with van der Waals surface area (Å²) in [5.74, 6) is -0.962. The number of hydrogen-bond donors (Lipinski definition) is 2. The van der Waals surface area contributed by atoms with Crippen molar-refractivity contribution in [3.63, 3.8) is 0 Å². The van der Waals surface area contributed by atoms with Crippen LogP contribution >= 0.6 is 0 Å². The van der Waals surface area contributed by atoms with E-state index in [9.17, 15) is 24.5 Å². The van der Waals surface area contributed by atoms with Crippen molar-refractivity contribution in [2.75, 3.05) is 19.0 Å². The number of carbonyl (C=O) groups is 3. The normalized spacial score (nSPS) is 15.7. The predicted molar refractivity (Wildman–Crippen MR) is 130 cm³/mol. The molecule has 1 heterocycles. The van der Waals surface area contributed by atoms with Crippen molar-refractivity contribution in [3.05, 3.63) is 87.1 Å². The largest absolute Gasteiger partial charge is 0.466 e. The summed E-state index contributed by atoms with van der Waals surface area (Å²) in [6.45, 7) is 4.11. The molecule has 2 N–H and O–H groups in total. The van der Waals surface area contributed by atoms with E-state index in [1.54, 1.807) is 43.3 Å². The molecule has 1 aliphatic rings. The number of ether oxygens (including phenoxy) is 1. The number of non-ortho nitro benzene ring substituents is 1. The lowest BCUT2D eigenvalue weighted by Gasteiger charge is -2.35. The SMILES string of the molecule is CCCN1C(=O)NC(c2cccc(NC(=O)/C=C/c3ccc([N+](=O)[O-])cc3)c2)C(C(=O)OC)=C1C. The van der Waals surface area contributed by atoms with Crippen LogP contribution in [0.1, 0.15) is 37.4 Å². The second kappa shape index (κ2) is 11.1. The number of nitro groups is 1. The van der Waals surface area contributed by atoms with Crippen molar-refractivity contribution >= 4 is 35.4 Å². The Morgan fingerprint density at radius 3 is 2.57 bits per heavy atom. The zero-order chi connectivity index (χ0) is 25.5. The van der Waals surface area contributed by atoms with Crippen LogP contribution in [-0.4, -0.2) is 41.4 Å². The molecule has 0 spiro atoms. The van der Waals surface area contributed by atoms with Crippen molar-refractivity contribution in [3.8, 4) is 0 Å². The third-order valence-corrected chi connectivity index (χ3v) is 5.47.